The van der Waals surface area contributed by atoms with E-state index in [9.17, 15) is 20.2 Å². The lowest BCUT2D eigenvalue weighted by Gasteiger charge is -1.91. The van der Waals surface area contributed by atoms with Crippen LogP contribution in [0.25, 0.3) is 21.8 Å². The highest BCUT2D eigenvalue weighted by Gasteiger charge is 2.09. The Hall–Kier alpha value is -4.19. The normalized spacial score (nSPS) is 10.1. The number of benzene rings is 2. The van der Waals surface area contributed by atoms with Gasteiger partial charge in [-0.3, -0.25) is 20.2 Å². The zero-order valence-corrected chi connectivity index (χ0v) is 13.2. The van der Waals surface area contributed by atoms with E-state index in [1.54, 1.807) is 24.4 Å². The van der Waals surface area contributed by atoms with Gasteiger partial charge in [-0.15, -0.1) is 0 Å². The average molecular weight is 349 g/mol. The molecule has 0 atom stereocenters. The molecule has 0 unspecified atom stereocenters. The molecule has 0 radical (unpaired) electrons. The summed E-state index contributed by atoms with van der Waals surface area (Å²) < 4.78 is 0. The van der Waals surface area contributed by atoms with Crippen LogP contribution in [-0.2, 0) is 0 Å². The minimum Gasteiger partial charge on any atom is -0.361 e. The Labute approximate surface area is 145 Å². The first kappa shape index (κ1) is 16.7. The molecule has 0 bridgehead atoms. The molecule has 0 saturated carbocycles. The molecule has 0 amide bonds. The molecule has 2 aromatic heterocycles. The van der Waals surface area contributed by atoms with Crippen LogP contribution in [0.4, 0.5) is 11.4 Å². The third kappa shape index (κ3) is 3.20. The molecular weight excluding hydrogens is 338 g/mol. The van der Waals surface area contributed by atoms with Crippen molar-refractivity contribution in [1.29, 1.82) is 5.26 Å². The summed E-state index contributed by atoms with van der Waals surface area (Å²) in [5.74, 6) is 0. The van der Waals surface area contributed by atoms with Gasteiger partial charge in [0.05, 0.1) is 15.4 Å². The van der Waals surface area contributed by atoms with E-state index >= 15 is 0 Å². The fraction of sp³-hybridized carbons (Fsp3) is 0. The fourth-order valence-electron chi connectivity index (χ4n) is 2.47. The Balaban J connectivity index is 0.000000152. The van der Waals surface area contributed by atoms with E-state index in [2.05, 4.69) is 9.97 Å². The van der Waals surface area contributed by atoms with E-state index in [-0.39, 0.29) is 11.4 Å². The van der Waals surface area contributed by atoms with Gasteiger partial charge in [0.25, 0.3) is 11.4 Å². The molecule has 26 heavy (non-hydrogen) atoms. The number of fused-ring (bicyclic) bond motifs is 2. The summed E-state index contributed by atoms with van der Waals surface area (Å²) in [6, 6.07) is 12.9. The molecule has 0 aliphatic rings. The van der Waals surface area contributed by atoms with Crippen molar-refractivity contribution in [2.75, 3.05) is 0 Å². The number of non-ortho nitro benzene ring substituents is 2. The van der Waals surface area contributed by atoms with Crippen LogP contribution in [0.15, 0.2) is 54.9 Å². The summed E-state index contributed by atoms with van der Waals surface area (Å²) in [6.45, 7) is 0. The Kier molecular flexibility index (Phi) is 4.32. The number of aromatic nitrogens is 2. The van der Waals surface area contributed by atoms with Gasteiger partial charge < -0.3 is 9.97 Å². The van der Waals surface area contributed by atoms with Crippen LogP contribution in [0, 0.1) is 31.6 Å². The number of hydrogen-bond donors (Lipinski definition) is 2. The van der Waals surface area contributed by atoms with Crippen molar-refractivity contribution in [2.24, 2.45) is 0 Å². The van der Waals surface area contributed by atoms with Crippen LogP contribution in [-0.4, -0.2) is 19.8 Å². The molecule has 0 spiro atoms. The third-order valence-corrected chi connectivity index (χ3v) is 3.74. The van der Waals surface area contributed by atoms with Crippen molar-refractivity contribution in [3.8, 4) is 6.07 Å². The molecule has 2 aromatic carbocycles. The van der Waals surface area contributed by atoms with Crippen LogP contribution in [0.3, 0.4) is 0 Å². The molecule has 4 rings (SSSR count). The monoisotopic (exact) mass is 349 g/mol. The Bertz CT molecular complexity index is 1170. The Morgan fingerprint density at radius 2 is 1.54 bits per heavy atom. The lowest BCUT2D eigenvalue weighted by atomic mass is 10.2. The highest BCUT2D eigenvalue weighted by atomic mass is 16.6. The number of H-pyrrole nitrogens is 2. The first-order valence-corrected chi connectivity index (χ1v) is 7.37. The summed E-state index contributed by atoms with van der Waals surface area (Å²) in [7, 11) is 0. The molecular formula is C17H11N5O4. The van der Waals surface area contributed by atoms with Gasteiger partial charge >= 0.3 is 0 Å². The quantitative estimate of drug-likeness (QED) is 0.415. The molecule has 9 heteroatoms. The molecule has 0 aliphatic carbocycles. The number of hydrogen-bond acceptors (Lipinski definition) is 5. The van der Waals surface area contributed by atoms with Crippen LogP contribution in [0.2, 0.25) is 0 Å². The Morgan fingerprint density at radius 3 is 2.19 bits per heavy atom. The van der Waals surface area contributed by atoms with Gasteiger partial charge in [-0.1, -0.05) is 0 Å². The summed E-state index contributed by atoms with van der Waals surface area (Å²) >= 11 is 0. The number of nitriles is 1. The van der Waals surface area contributed by atoms with Crippen LogP contribution < -0.4 is 0 Å². The molecule has 0 fully saturated rings. The average Bonchev–Trinajstić information content (AvgIpc) is 3.27. The van der Waals surface area contributed by atoms with Crippen molar-refractivity contribution in [3.05, 3.63) is 80.7 Å². The first-order chi connectivity index (χ1) is 12.5. The lowest BCUT2D eigenvalue weighted by Crippen LogP contribution is -1.86. The van der Waals surface area contributed by atoms with Crippen molar-refractivity contribution in [3.63, 3.8) is 0 Å². The number of nitro groups is 2. The summed E-state index contributed by atoms with van der Waals surface area (Å²) in [5.41, 5.74) is 2.19. The highest BCUT2D eigenvalue weighted by Crippen LogP contribution is 2.22. The van der Waals surface area contributed by atoms with Gasteiger partial charge in [0.15, 0.2) is 0 Å². The van der Waals surface area contributed by atoms with E-state index < -0.39 is 9.85 Å². The zero-order valence-electron chi connectivity index (χ0n) is 13.2. The predicted octanol–water partition coefficient (Wildman–Crippen LogP) is 4.02. The number of nitro benzene ring substituents is 2. The number of rotatable bonds is 2. The second-order valence-corrected chi connectivity index (χ2v) is 5.31. The van der Waals surface area contributed by atoms with E-state index in [4.69, 9.17) is 5.26 Å². The minimum absolute atomic E-state index is 0.00593. The Morgan fingerprint density at radius 1 is 0.885 bits per heavy atom. The summed E-state index contributed by atoms with van der Waals surface area (Å²) in [5, 5.41) is 31.0. The largest absolute Gasteiger partial charge is 0.361 e. The molecule has 4 aromatic rings. The minimum atomic E-state index is -0.479. The third-order valence-electron chi connectivity index (χ3n) is 3.74. The molecule has 0 aliphatic heterocycles. The summed E-state index contributed by atoms with van der Waals surface area (Å²) in [6.07, 6.45) is 3.29. The molecule has 0 saturated heterocycles. The van der Waals surface area contributed by atoms with Gasteiger partial charge in [0.2, 0.25) is 0 Å². The maximum atomic E-state index is 10.5. The standard InChI is InChI=1S/C9H5N3O2.C8H6N2O2/c10-4-6-5-11-9-2-1-7(12(13)14)3-8(6)9;11-10(12)7-1-2-8-6(5-7)3-4-9-8/h1-3,5,11H;1-5,9H. The van der Waals surface area contributed by atoms with Crippen molar-refractivity contribution >= 4 is 33.2 Å². The fourth-order valence-corrected chi connectivity index (χ4v) is 2.47. The van der Waals surface area contributed by atoms with Crippen molar-refractivity contribution in [2.45, 2.75) is 0 Å². The van der Waals surface area contributed by atoms with Crippen LogP contribution in [0.5, 0.6) is 0 Å². The molecule has 2 N–H and O–H groups in total. The highest BCUT2D eigenvalue weighted by molar-refractivity contribution is 5.87. The second kappa shape index (κ2) is 6.74. The van der Waals surface area contributed by atoms with Crippen molar-refractivity contribution in [1.82, 2.24) is 9.97 Å². The maximum Gasteiger partial charge on any atom is 0.270 e. The topological polar surface area (TPSA) is 142 Å². The van der Waals surface area contributed by atoms with E-state index in [1.807, 2.05) is 12.1 Å². The smallest absolute Gasteiger partial charge is 0.270 e. The van der Waals surface area contributed by atoms with Crippen molar-refractivity contribution < 1.29 is 9.85 Å². The zero-order chi connectivity index (χ0) is 18.7. The molecule has 2 heterocycles. The second-order valence-electron chi connectivity index (χ2n) is 5.31. The summed E-state index contributed by atoms with van der Waals surface area (Å²) in [4.78, 5) is 25.8. The maximum absolute atomic E-state index is 10.5. The van der Waals surface area contributed by atoms with E-state index in [1.165, 1.54) is 24.4 Å². The molecule has 128 valence electrons. The lowest BCUT2D eigenvalue weighted by molar-refractivity contribution is -0.384. The SMILES string of the molecule is N#Cc1c[nH]c2ccc([N+](=O)[O-])cc12.O=[N+]([O-])c1ccc2[nH]ccc2c1. The van der Waals surface area contributed by atoms with Gasteiger partial charge in [0, 0.05) is 58.5 Å². The number of aromatic amines is 2. The van der Waals surface area contributed by atoms with Crippen LogP contribution in [0.1, 0.15) is 5.56 Å². The predicted molar refractivity (Wildman–Crippen MR) is 94.6 cm³/mol. The van der Waals surface area contributed by atoms with Gasteiger partial charge in [0.1, 0.15) is 6.07 Å². The van der Waals surface area contributed by atoms with E-state index in [0.717, 1.165) is 16.4 Å². The number of nitrogens with one attached hydrogen (secondary N) is 2. The van der Waals surface area contributed by atoms with Gasteiger partial charge in [-0.2, -0.15) is 5.26 Å². The number of nitrogens with zero attached hydrogens (tertiary/aromatic N) is 3. The first-order valence-electron chi connectivity index (χ1n) is 7.37. The van der Waals surface area contributed by atoms with Crippen LogP contribution >= 0.6 is 0 Å². The van der Waals surface area contributed by atoms with Gasteiger partial charge in [-0.25, -0.2) is 0 Å². The van der Waals surface area contributed by atoms with E-state index in [0.29, 0.717) is 10.9 Å². The van der Waals surface area contributed by atoms with Gasteiger partial charge in [-0.05, 0) is 18.2 Å². The molecule has 9 nitrogen and oxygen atoms in total.